The highest BCUT2D eigenvalue weighted by atomic mass is 16.6. The van der Waals surface area contributed by atoms with Crippen molar-refractivity contribution in [1.82, 2.24) is 0 Å². The Morgan fingerprint density at radius 1 is 1.38 bits per heavy atom. The van der Waals surface area contributed by atoms with E-state index < -0.39 is 0 Å². The molecule has 1 saturated heterocycles. The molecular weight excluding hydrogens is 306 g/mol. The molecule has 1 N–H and O–H groups in total. The summed E-state index contributed by atoms with van der Waals surface area (Å²) in [5.74, 6) is 0.884. The van der Waals surface area contributed by atoms with Crippen LogP contribution in [0.1, 0.15) is 51.9 Å². The zero-order valence-corrected chi connectivity index (χ0v) is 14.4. The molecule has 4 atom stereocenters. The van der Waals surface area contributed by atoms with Crippen molar-refractivity contribution in [3.05, 3.63) is 24.0 Å². The molecule has 1 heterocycles. The van der Waals surface area contributed by atoms with Crippen LogP contribution >= 0.6 is 0 Å². The van der Waals surface area contributed by atoms with Crippen LogP contribution in [0.15, 0.2) is 29.1 Å². The molecule has 24 heavy (non-hydrogen) atoms. The van der Waals surface area contributed by atoms with Gasteiger partial charge in [0, 0.05) is 12.8 Å². The minimum absolute atomic E-state index is 0.00279. The number of hydrogen-bond acceptors (Lipinski definition) is 5. The molecule has 132 valence electrons. The molecule has 4 unspecified atom stereocenters. The Morgan fingerprint density at radius 2 is 2.21 bits per heavy atom. The lowest BCUT2D eigenvalue weighted by Crippen LogP contribution is -2.31. The van der Waals surface area contributed by atoms with E-state index in [1.165, 1.54) is 0 Å². The molecule has 0 aromatic heterocycles. The van der Waals surface area contributed by atoms with Crippen molar-refractivity contribution < 1.29 is 19.5 Å². The summed E-state index contributed by atoms with van der Waals surface area (Å²) in [6, 6.07) is 0. The highest BCUT2D eigenvalue weighted by molar-refractivity contribution is 6.23. The van der Waals surface area contributed by atoms with Crippen LogP contribution in [0.4, 0.5) is 0 Å². The lowest BCUT2D eigenvalue weighted by Gasteiger charge is -2.31. The van der Waals surface area contributed by atoms with Crippen LogP contribution < -0.4 is 0 Å². The fraction of sp³-hybridized carbons (Fsp3) is 0.684. The number of Topliss-reactive ketones (excluding diaryl/α,β-unsaturated/α-hetero) is 1. The molecular formula is C19H27NO4. The normalized spacial score (nSPS) is 33.2. The zero-order valence-electron chi connectivity index (χ0n) is 14.4. The maximum absolute atomic E-state index is 12.7. The van der Waals surface area contributed by atoms with Crippen molar-refractivity contribution >= 4 is 11.5 Å². The Morgan fingerprint density at radius 3 is 2.88 bits per heavy atom. The van der Waals surface area contributed by atoms with Crippen LogP contribution in [0.2, 0.25) is 0 Å². The Bertz CT molecular complexity index is 566. The van der Waals surface area contributed by atoms with Crippen molar-refractivity contribution in [3.63, 3.8) is 0 Å². The fourth-order valence-electron chi connectivity index (χ4n) is 4.07. The van der Waals surface area contributed by atoms with Gasteiger partial charge in [-0.15, -0.1) is 0 Å². The van der Waals surface area contributed by atoms with Gasteiger partial charge in [0.15, 0.2) is 5.78 Å². The Kier molecular flexibility index (Phi) is 5.39. The van der Waals surface area contributed by atoms with Gasteiger partial charge in [0.05, 0.1) is 23.5 Å². The number of nitrogens with zero attached hydrogens (tertiary/aromatic N) is 1. The predicted octanol–water partition coefficient (Wildman–Crippen LogP) is 3.70. The van der Waals surface area contributed by atoms with E-state index >= 15 is 0 Å². The molecule has 5 nitrogen and oxygen atoms in total. The Balaban J connectivity index is 1.72. The second-order valence-electron chi connectivity index (χ2n) is 7.07. The number of rotatable bonds is 7. The van der Waals surface area contributed by atoms with Gasteiger partial charge in [-0.3, -0.25) is 4.79 Å². The highest BCUT2D eigenvalue weighted by Crippen LogP contribution is 2.45. The van der Waals surface area contributed by atoms with E-state index in [9.17, 15) is 9.90 Å². The van der Waals surface area contributed by atoms with Crippen LogP contribution in [0.3, 0.4) is 0 Å². The first-order valence-corrected chi connectivity index (χ1v) is 9.04. The summed E-state index contributed by atoms with van der Waals surface area (Å²) in [6.07, 6.45) is 8.20. The lowest BCUT2D eigenvalue weighted by molar-refractivity contribution is -0.117. The molecule has 3 aliphatic rings. The SMILES string of the molecule is C=CCON=C(CCC)C1=C(O)CC(C2CCC3OC3C2)CC1=O. The van der Waals surface area contributed by atoms with Gasteiger partial charge in [-0.05, 0) is 37.5 Å². The van der Waals surface area contributed by atoms with Gasteiger partial charge in [-0.1, -0.05) is 31.2 Å². The minimum atomic E-state index is -0.00279. The number of hydrogen-bond donors (Lipinski definition) is 1. The van der Waals surface area contributed by atoms with E-state index in [0.717, 1.165) is 25.7 Å². The molecule has 0 amide bonds. The van der Waals surface area contributed by atoms with Crippen LogP contribution in [-0.2, 0) is 14.4 Å². The molecule has 0 aromatic rings. The van der Waals surface area contributed by atoms with Gasteiger partial charge < -0.3 is 14.7 Å². The van der Waals surface area contributed by atoms with Gasteiger partial charge in [0.1, 0.15) is 12.4 Å². The van der Waals surface area contributed by atoms with Crippen LogP contribution in [-0.4, -0.2) is 35.4 Å². The van der Waals surface area contributed by atoms with Crippen molar-refractivity contribution in [2.45, 2.75) is 64.1 Å². The van der Waals surface area contributed by atoms with Crippen LogP contribution in [0.25, 0.3) is 0 Å². The number of fused-ring (bicyclic) bond motifs is 1. The van der Waals surface area contributed by atoms with E-state index in [1.54, 1.807) is 6.08 Å². The molecule has 2 aliphatic carbocycles. The third-order valence-electron chi connectivity index (χ3n) is 5.32. The molecule has 1 aliphatic heterocycles. The van der Waals surface area contributed by atoms with Crippen molar-refractivity contribution in [1.29, 1.82) is 0 Å². The standard InChI is InChI=1S/C19H27NO4/c1-3-5-14(20-23-8-4-2)19-15(21)9-13(10-16(19)22)12-6-7-17-18(11-12)24-17/h4,12-13,17-18,21H,2-3,5-11H2,1H3. The number of carbonyl (C=O) groups is 1. The molecule has 5 heteroatoms. The maximum Gasteiger partial charge on any atom is 0.168 e. The van der Waals surface area contributed by atoms with Gasteiger partial charge >= 0.3 is 0 Å². The quantitative estimate of drug-likeness (QED) is 0.253. The lowest BCUT2D eigenvalue weighted by atomic mass is 9.72. The van der Waals surface area contributed by atoms with Gasteiger partial charge in [-0.25, -0.2) is 0 Å². The predicted molar refractivity (Wildman–Crippen MR) is 91.9 cm³/mol. The molecule has 1 saturated carbocycles. The Hall–Kier alpha value is -1.62. The number of ketones is 1. The van der Waals surface area contributed by atoms with E-state index in [2.05, 4.69) is 11.7 Å². The second-order valence-corrected chi connectivity index (χ2v) is 7.07. The summed E-state index contributed by atoms with van der Waals surface area (Å²) >= 11 is 0. The first kappa shape index (κ1) is 17.2. The summed E-state index contributed by atoms with van der Waals surface area (Å²) < 4.78 is 5.60. The fourth-order valence-corrected chi connectivity index (χ4v) is 4.07. The number of ether oxygens (including phenoxy) is 1. The monoisotopic (exact) mass is 333 g/mol. The molecule has 0 spiro atoms. The van der Waals surface area contributed by atoms with Gasteiger partial charge in [0.2, 0.25) is 0 Å². The van der Waals surface area contributed by atoms with Crippen LogP contribution in [0.5, 0.6) is 0 Å². The topological polar surface area (TPSA) is 71.4 Å². The highest BCUT2D eigenvalue weighted by Gasteiger charge is 2.46. The smallest absolute Gasteiger partial charge is 0.168 e. The first-order chi connectivity index (χ1) is 11.6. The van der Waals surface area contributed by atoms with E-state index in [0.29, 0.717) is 55.3 Å². The van der Waals surface area contributed by atoms with Crippen molar-refractivity contribution in [3.8, 4) is 0 Å². The van der Waals surface area contributed by atoms with E-state index in [-0.39, 0.29) is 17.5 Å². The molecule has 0 radical (unpaired) electrons. The number of allylic oxidation sites excluding steroid dienone is 2. The minimum Gasteiger partial charge on any atom is -0.511 e. The summed E-state index contributed by atoms with van der Waals surface area (Å²) in [4.78, 5) is 17.9. The second kappa shape index (κ2) is 7.51. The third kappa shape index (κ3) is 3.72. The largest absolute Gasteiger partial charge is 0.511 e. The molecule has 3 rings (SSSR count). The number of epoxide rings is 1. The van der Waals surface area contributed by atoms with Gasteiger partial charge in [0.25, 0.3) is 0 Å². The van der Waals surface area contributed by atoms with E-state index in [1.807, 2.05) is 6.92 Å². The average molecular weight is 333 g/mol. The molecule has 0 bridgehead atoms. The summed E-state index contributed by atoms with van der Waals surface area (Å²) in [5, 5.41) is 14.6. The number of aliphatic hydroxyl groups excluding tert-OH is 1. The average Bonchev–Trinajstić information content (AvgIpc) is 3.33. The summed E-state index contributed by atoms with van der Waals surface area (Å²) in [6.45, 7) is 5.90. The Labute approximate surface area is 143 Å². The van der Waals surface area contributed by atoms with Crippen molar-refractivity contribution in [2.75, 3.05) is 6.61 Å². The van der Waals surface area contributed by atoms with E-state index in [4.69, 9.17) is 9.57 Å². The molecule has 0 aromatic carbocycles. The number of oxime groups is 1. The zero-order chi connectivity index (χ0) is 17.1. The maximum atomic E-state index is 12.7. The summed E-state index contributed by atoms with van der Waals surface area (Å²) in [7, 11) is 0. The van der Waals surface area contributed by atoms with Gasteiger partial charge in [-0.2, -0.15) is 0 Å². The first-order valence-electron chi connectivity index (χ1n) is 9.04. The summed E-state index contributed by atoms with van der Waals surface area (Å²) in [5.41, 5.74) is 0.947. The van der Waals surface area contributed by atoms with Crippen LogP contribution in [0, 0.1) is 11.8 Å². The van der Waals surface area contributed by atoms with Crippen molar-refractivity contribution in [2.24, 2.45) is 17.0 Å². The number of carbonyl (C=O) groups excluding carboxylic acids is 1. The third-order valence-corrected chi connectivity index (χ3v) is 5.32. The molecule has 2 fully saturated rings. The number of aliphatic hydroxyl groups is 1.